The van der Waals surface area contributed by atoms with Gasteiger partial charge in [-0.05, 0) is 36.8 Å². The lowest BCUT2D eigenvalue weighted by molar-refractivity contribution is -0.141. The number of nitrogens with two attached hydrogens (primary N) is 2. The summed E-state index contributed by atoms with van der Waals surface area (Å²) in [5.41, 5.74) is 12.9. The Balaban J connectivity index is 1.77. The molecule has 1 aliphatic rings. The van der Waals surface area contributed by atoms with Crippen molar-refractivity contribution in [2.75, 3.05) is 13.1 Å². The summed E-state index contributed by atoms with van der Waals surface area (Å²) in [7, 11) is 0. The molecule has 0 heterocycles. The maximum absolute atomic E-state index is 12.1. The molecule has 8 heteroatoms. The number of hydrogen-bond acceptors (Lipinski definition) is 4. The number of aliphatic imine (C=N–C) groups is 1. The van der Waals surface area contributed by atoms with E-state index in [0.717, 1.165) is 12.8 Å². The highest BCUT2D eigenvalue weighted by atomic mass is 16.4. The van der Waals surface area contributed by atoms with Gasteiger partial charge in [0.15, 0.2) is 5.96 Å². The third-order valence-electron chi connectivity index (χ3n) is 4.22. The molecule has 1 aliphatic carbocycles. The van der Waals surface area contributed by atoms with Crippen LogP contribution in [-0.2, 0) is 16.0 Å². The fourth-order valence-corrected chi connectivity index (χ4v) is 2.99. The minimum atomic E-state index is -1.07. The van der Waals surface area contributed by atoms with Crippen LogP contribution in [0.25, 0.3) is 0 Å². The van der Waals surface area contributed by atoms with E-state index in [1.54, 1.807) is 0 Å². The number of nitrogens with one attached hydrogen (secondary N) is 2. The number of carboxylic acids is 1. The predicted octanol–water partition coefficient (Wildman–Crippen LogP) is -0.113. The van der Waals surface area contributed by atoms with Crippen LogP contribution in [0.4, 0.5) is 0 Å². The van der Waals surface area contributed by atoms with Crippen LogP contribution in [0.15, 0.2) is 29.3 Å². The Morgan fingerprint density at radius 2 is 2.08 bits per heavy atom. The molecule has 0 spiro atoms. The van der Waals surface area contributed by atoms with Crippen molar-refractivity contribution in [3.63, 3.8) is 0 Å². The van der Waals surface area contributed by atoms with Gasteiger partial charge in [-0.25, -0.2) is 4.79 Å². The van der Waals surface area contributed by atoms with E-state index in [9.17, 15) is 14.7 Å². The molecule has 0 aromatic heterocycles. The molecule has 1 aromatic rings. The number of aliphatic carboxylic acids is 1. The smallest absolute Gasteiger partial charge is 0.326 e. The van der Waals surface area contributed by atoms with E-state index in [1.807, 2.05) is 12.1 Å². The van der Waals surface area contributed by atoms with Gasteiger partial charge < -0.3 is 27.2 Å². The van der Waals surface area contributed by atoms with Crippen LogP contribution < -0.4 is 22.1 Å². The lowest BCUT2D eigenvalue weighted by Gasteiger charge is -2.17. The van der Waals surface area contributed by atoms with Crippen molar-refractivity contribution in [2.45, 2.75) is 37.8 Å². The molecule has 8 nitrogen and oxygen atoms in total. The van der Waals surface area contributed by atoms with Gasteiger partial charge in [-0.3, -0.25) is 9.79 Å². The van der Waals surface area contributed by atoms with Gasteiger partial charge in [0, 0.05) is 12.6 Å². The monoisotopic (exact) mass is 347 g/mol. The summed E-state index contributed by atoms with van der Waals surface area (Å²) in [4.78, 5) is 27.1. The zero-order valence-electron chi connectivity index (χ0n) is 14.1. The van der Waals surface area contributed by atoms with E-state index in [1.165, 1.54) is 11.1 Å². The van der Waals surface area contributed by atoms with Crippen LogP contribution in [0.5, 0.6) is 0 Å². The zero-order chi connectivity index (χ0) is 18.2. The SMILES string of the molecule is NC(N)=NCCC[C@H](NC(=O)CNC1CCc2ccccc21)C(=O)O. The van der Waals surface area contributed by atoms with Gasteiger partial charge in [0.25, 0.3) is 0 Å². The summed E-state index contributed by atoms with van der Waals surface area (Å²) in [6, 6.07) is 7.32. The van der Waals surface area contributed by atoms with E-state index in [-0.39, 0.29) is 30.9 Å². The minimum Gasteiger partial charge on any atom is -0.480 e. The van der Waals surface area contributed by atoms with E-state index >= 15 is 0 Å². The largest absolute Gasteiger partial charge is 0.480 e. The number of carbonyl (C=O) groups is 2. The lowest BCUT2D eigenvalue weighted by Crippen LogP contribution is -2.45. The van der Waals surface area contributed by atoms with Crippen molar-refractivity contribution in [3.05, 3.63) is 35.4 Å². The van der Waals surface area contributed by atoms with Crippen molar-refractivity contribution in [1.29, 1.82) is 0 Å². The molecule has 0 saturated heterocycles. The Labute approximate surface area is 146 Å². The van der Waals surface area contributed by atoms with Crippen LogP contribution in [0, 0.1) is 0 Å². The summed E-state index contributed by atoms with van der Waals surface area (Å²) < 4.78 is 0. The van der Waals surface area contributed by atoms with Crippen LogP contribution in [-0.4, -0.2) is 42.1 Å². The van der Waals surface area contributed by atoms with Gasteiger partial charge in [-0.2, -0.15) is 0 Å². The maximum Gasteiger partial charge on any atom is 0.326 e. The maximum atomic E-state index is 12.1. The number of fused-ring (bicyclic) bond motifs is 1. The Hall–Kier alpha value is -2.61. The van der Waals surface area contributed by atoms with Gasteiger partial charge in [0.1, 0.15) is 6.04 Å². The predicted molar refractivity (Wildman–Crippen MR) is 95.0 cm³/mol. The molecule has 1 unspecified atom stereocenters. The van der Waals surface area contributed by atoms with Crippen molar-refractivity contribution < 1.29 is 14.7 Å². The number of carboxylic acid groups (broad SMARTS) is 1. The number of guanidine groups is 1. The molecule has 7 N–H and O–H groups in total. The molecule has 25 heavy (non-hydrogen) atoms. The van der Waals surface area contributed by atoms with Gasteiger partial charge in [0.05, 0.1) is 6.54 Å². The minimum absolute atomic E-state index is 0.0306. The average Bonchev–Trinajstić information content (AvgIpc) is 2.98. The fourth-order valence-electron chi connectivity index (χ4n) is 2.99. The number of nitrogens with zero attached hydrogens (tertiary/aromatic N) is 1. The first-order chi connectivity index (χ1) is 12.0. The number of carbonyl (C=O) groups excluding carboxylic acids is 1. The van der Waals surface area contributed by atoms with Crippen molar-refractivity contribution in [2.24, 2.45) is 16.5 Å². The molecule has 0 bridgehead atoms. The van der Waals surface area contributed by atoms with Crippen molar-refractivity contribution in [3.8, 4) is 0 Å². The highest BCUT2D eigenvalue weighted by Gasteiger charge is 2.23. The Morgan fingerprint density at radius 1 is 1.32 bits per heavy atom. The molecule has 2 rings (SSSR count). The van der Waals surface area contributed by atoms with E-state index < -0.39 is 12.0 Å². The quantitative estimate of drug-likeness (QED) is 0.239. The van der Waals surface area contributed by atoms with Gasteiger partial charge in [-0.15, -0.1) is 0 Å². The third-order valence-corrected chi connectivity index (χ3v) is 4.22. The molecule has 136 valence electrons. The van der Waals surface area contributed by atoms with Crippen LogP contribution >= 0.6 is 0 Å². The molecule has 2 atom stereocenters. The second-order valence-electron chi connectivity index (χ2n) is 6.08. The molecule has 0 radical (unpaired) electrons. The molecule has 1 amide bonds. The molecular formula is C17H25N5O3. The third kappa shape index (κ3) is 5.75. The van der Waals surface area contributed by atoms with Crippen LogP contribution in [0.1, 0.15) is 36.4 Å². The molecule has 0 aliphatic heterocycles. The second-order valence-corrected chi connectivity index (χ2v) is 6.08. The van der Waals surface area contributed by atoms with Gasteiger partial charge in [-0.1, -0.05) is 24.3 Å². The lowest BCUT2D eigenvalue weighted by atomic mass is 10.1. The first-order valence-corrected chi connectivity index (χ1v) is 8.36. The molecule has 1 aromatic carbocycles. The van der Waals surface area contributed by atoms with Crippen molar-refractivity contribution >= 4 is 17.8 Å². The number of hydrogen-bond donors (Lipinski definition) is 5. The average molecular weight is 347 g/mol. The molecular weight excluding hydrogens is 322 g/mol. The first-order valence-electron chi connectivity index (χ1n) is 8.36. The highest BCUT2D eigenvalue weighted by Crippen LogP contribution is 2.30. The van der Waals surface area contributed by atoms with E-state index in [0.29, 0.717) is 13.0 Å². The normalized spacial score (nSPS) is 16.7. The van der Waals surface area contributed by atoms with Crippen LogP contribution in [0.2, 0.25) is 0 Å². The fraction of sp³-hybridized carbons (Fsp3) is 0.471. The number of aryl methyl sites for hydroxylation is 1. The number of benzene rings is 1. The standard InChI is InChI=1S/C17H25N5O3/c18-17(19)20-9-3-6-14(16(24)25)22-15(23)10-21-13-8-7-11-4-1-2-5-12(11)13/h1-2,4-5,13-14,21H,3,6-10H2,(H,22,23)(H,24,25)(H4,18,19,20)/t13?,14-/m0/s1. The van der Waals surface area contributed by atoms with E-state index in [4.69, 9.17) is 11.5 Å². The summed E-state index contributed by atoms with van der Waals surface area (Å²) in [6.45, 7) is 0.412. The Bertz CT molecular complexity index is 643. The van der Waals surface area contributed by atoms with Crippen LogP contribution in [0.3, 0.4) is 0 Å². The second kappa shape index (κ2) is 9.03. The number of rotatable bonds is 9. The molecule has 0 saturated carbocycles. The van der Waals surface area contributed by atoms with Gasteiger partial charge >= 0.3 is 5.97 Å². The Kier molecular flexibility index (Phi) is 6.76. The summed E-state index contributed by atoms with van der Waals surface area (Å²) in [5, 5.41) is 15.0. The first kappa shape index (κ1) is 18.7. The zero-order valence-corrected chi connectivity index (χ0v) is 14.1. The number of amides is 1. The highest BCUT2D eigenvalue weighted by molar-refractivity contribution is 5.84. The summed E-state index contributed by atoms with van der Waals surface area (Å²) >= 11 is 0. The summed E-state index contributed by atoms with van der Waals surface area (Å²) in [5.74, 6) is -1.43. The Morgan fingerprint density at radius 3 is 2.80 bits per heavy atom. The van der Waals surface area contributed by atoms with E-state index in [2.05, 4.69) is 27.8 Å². The van der Waals surface area contributed by atoms with Crippen molar-refractivity contribution in [1.82, 2.24) is 10.6 Å². The van der Waals surface area contributed by atoms with Gasteiger partial charge in [0.2, 0.25) is 5.91 Å². The summed E-state index contributed by atoms with van der Waals surface area (Å²) in [6.07, 6.45) is 2.66. The molecule has 0 fully saturated rings. The topological polar surface area (TPSA) is 143 Å².